The van der Waals surface area contributed by atoms with Gasteiger partial charge in [0.1, 0.15) is 6.29 Å². The second kappa shape index (κ2) is 5.06. The molecule has 0 heterocycles. The zero-order valence-corrected chi connectivity index (χ0v) is 6.81. The lowest BCUT2D eigenvalue weighted by atomic mass is 10.4. The monoisotopic (exact) mass is 171 g/mol. The van der Waals surface area contributed by atoms with Crippen LogP contribution in [0.2, 0.25) is 0 Å². The predicted octanol–water partition coefficient (Wildman–Crippen LogP) is -0.0337. The Hall–Kier alpha value is -1.65. The Balaban J connectivity index is 4.19. The van der Waals surface area contributed by atoms with Crippen molar-refractivity contribution in [2.45, 2.75) is 0 Å². The van der Waals surface area contributed by atoms with Crippen molar-refractivity contribution in [3.05, 3.63) is 12.2 Å². The van der Waals surface area contributed by atoms with E-state index in [0.29, 0.717) is 6.29 Å². The predicted molar refractivity (Wildman–Crippen MR) is 40.4 cm³/mol. The van der Waals surface area contributed by atoms with Crippen LogP contribution in [0, 0.1) is 0 Å². The lowest BCUT2D eigenvalue weighted by molar-refractivity contribution is -0.123. The molecule has 0 aromatic heterocycles. The Bertz CT molecular complexity index is 221. The van der Waals surface area contributed by atoms with Gasteiger partial charge in [-0.1, -0.05) is 0 Å². The zero-order chi connectivity index (χ0) is 9.56. The standard InChI is InChI=1S/C7H9NO4/c1-8(7(11)12-2)6(10)4-3-5-9/h3-5H,1-2H3/b4-3-. The van der Waals surface area contributed by atoms with Gasteiger partial charge >= 0.3 is 6.09 Å². The number of ether oxygens (including phenoxy) is 1. The Morgan fingerprint density at radius 3 is 2.42 bits per heavy atom. The van der Waals surface area contributed by atoms with Gasteiger partial charge in [0.15, 0.2) is 0 Å². The lowest BCUT2D eigenvalue weighted by Gasteiger charge is -2.09. The summed E-state index contributed by atoms with van der Waals surface area (Å²) in [5.74, 6) is -0.603. The topological polar surface area (TPSA) is 63.7 Å². The fourth-order valence-electron chi connectivity index (χ4n) is 0.460. The average Bonchev–Trinajstić information content (AvgIpc) is 2.11. The van der Waals surface area contributed by atoms with Crippen molar-refractivity contribution in [3.8, 4) is 0 Å². The normalized spacial score (nSPS) is 9.50. The molecule has 0 saturated heterocycles. The minimum atomic E-state index is -0.768. The molecule has 0 aliphatic rings. The number of nitrogens with zero attached hydrogens (tertiary/aromatic N) is 1. The van der Waals surface area contributed by atoms with Gasteiger partial charge in [-0.15, -0.1) is 0 Å². The van der Waals surface area contributed by atoms with E-state index in [1.165, 1.54) is 7.05 Å². The van der Waals surface area contributed by atoms with Crippen molar-refractivity contribution in [2.24, 2.45) is 0 Å². The highest BCUT2D eigenvalue weighted by molar-refractivity contribution is 5.99. The van der Waals surface area contributed by atoms with Gasteiger partial charge in [0, 0.05) is 13.1 Å². The van der Waals surface area contributed by atoms with Crippen molar-refractivity contribution >= 4 is 18.3 Å². The van der Waals surface area contributed by atoms with Crippen molar-refractivity contribution < 1.29 is 19.1 Å². The van der Waals surface area contributed by atoms with Crippen molar-refractivity contribution in [1.82, 2.24) is 4.90 Å². The van der Waals surface area contributed by atoms with Gasteiger partial charge in [0.05, 0.1) is 7.11 Å². The molecule has 12 heavy (non-hydrogen) atoms. The first-order valence-corrected chi connectivity index (χ1v) is 3.11. The van der Waals surface area contributed by atoms with Gasteiger partial charge in [-0.2, -0.15) is 0 Å². The molecule has 5 heteroatoms. The summed E-state index contributed by atoms with van der Waals surface area (Å²) in [6.45, 7) is 0. The number of aldehydes is 1. The SMILES string of the molecule is COC(=O)N(C)C(=O)/C=C\C=O. The third kappa shape index (κ3) is 2.96. The molecule has 0 N–H and O–H groups in total. The maximum Gasteiger partial charge on any atom is 0.416 e. The molecule has 0 aromatic rings. The number of amides is 2. The smallest absolute Gasteiger partial charge is 0.416 e. The van der Waals surface area contributed by atoms with Crippen molar-refractivity contribution in [2.75, 3.05) is 14.2 Å². The summed E-state index contributed by atoms with van der Waals surface area (Å²) in [5.41, 5.74) is 0. The second-order valence-corrected chi connectivity index (χ2v) is 1.86. The van der Waals surface area contributed by atoms with Crippen molar-refractivity contribution in [3.63, 3.8) is 0 Å². The maximum absolute atomic E-state index is 10.9. The molecular formula is C7H9NO4. The van der Waals surface area contributed by atoms with E-state index >= 15 is 0 Å². The van der Waals surface area contributed by atoms with Crippen LogP contribution < -0.4 is 0 Å². The summed E-state index contributed by atoms with van der Waals surface area (Å²) in [4.78, 5) is 32.1. The summed E-state index contributed by atoms with van der Waals surface area (Å²) < 4.78 is 4.26. The third-order valence-electron chi connectivity index (χ3n) is 1.10. The number of rotatable bonds is 2. The van der Waals surface area contributed by atoms with E-state index in [-0.39, 0.29) is 0 Å². The number of hydrogen-bond donors (Lipinski definition) is 0. The van der Waals surface area contributed by atoms with Crippen LogP contribution in [0.15, 0.2) is 12.2 Å². The molecule has 0 radical (unpaired) electrons. The van der Waals surface area contributed by atoms with Gasteiger partial charge in [-0.25, -0.2) is 9.69 Å². The largest absolute Gasteiger partial charge is 0.452 e. The molecule has 0 atom stereocenters. The van der Waals surface area contributed by atoms with Crippen LogP contribution in [0.25, 0.3) is 0 Å². The molecule has 0 saturated carbocycles. The first-order chi connectivity index (χ1) is 5.63. The van der Waals surface area contributed by atoms with E-state index in [4.69, 9.17) is 0 Å². The summed E-state index contributed by atoms with van der Waals surface area (Å²) >= 11 is 0. The van der Waals surface area contributed by atoms with Crippen molar-refractivity contribution in [1.29, 1.82) is 0 Å². The summed E-state index contributed by atoms with van der Waals surface area (Å²) in [5, 5.41) is 0. The molecule has 66 valence electrons. The van der Waals surface area contributed by atoms with E-state index < -0.39 is 12.0 Å². The molecular weight excluding hydrogens is 162 g/mol. The molecule has 5 nitrogen and oxygen atoms in total. The quantitative estimate of drug-likeness (QED) is 0.432. The second-order valence-electron chi connectivity index (χ2n) is 1.86. The molecule has 0 unspecified atom stereocenters. The first-order valence-electron chi connectivity index (χ1n) is 3.11. The number of carbonyl (C=O) groups is 3. The molecule has 0 bridgehead atoms. The average molecular weight is 171 g/mol. The molecule has 0 aromatic carbocycles. The van der Waals surface area contributed by atoms with Crippen LogP contribution in [-0.2, 0) is 14.3 Å². The molecule has 0 rings (SSSR count). The minimum absolute atomic E-state index is 0.447. The molecule has 0 aliphatic carbocycles. The summed E-state index contributed by atoms with van der Waals surface area (Å²) in [6.07, 6.45) is 1.66. The van der Waals surface area contributed by atoms with Crippen LogP contribution in [-0.4, -0.2) is 37.3 Å². The van der Waals surface area contributed by atoms with Crippen LogP contribution in [0.1, 0.15) is 0 Å². The van der Waals surface area contributed by atoms with Gasteiger partial charge in [0.2, 0.25) is 0 Å². The highest BCUT2D eigenvalue weighted by Crippen LogP contribution is 1.90. The van der Waals surface area contributed by atoms with Gasteiger partial charge in [-0.05, 0) is 6.08 Å². The van der Waals surface area contributed by atoms with E-state index in [0.717, 1.165) is 24.2 Å². The van der Waals surface area contributed by atoms with Gasteiger partial charge < -0.3 is 4.74 Å². The Morgan fingerprint density at radius 2 is 2.00 bits per heavy atom. The first kappa shape index (κ1) is 10.3. The lowest BCUT2D eigenvalue weighted by Crippen LogP contribution is -2.31. The van der Waals surface area contributed by atoms with Crippen LogP contribution >= 0.6 is 0 Å². The number of likely N-dealkylation sites (N-methyl/N-ethyl adjacent to an activating group) is 1. The van der Waals surface area contributed by atoms with Crippen LogP contribution in [0.4, 0.5) is 4.79 Å². The number of hydrogen-bond acceptors (Lipinski definition) is 4. The van der Waals surface area contributed by atoms with Gasteiger partial charge in [-0.3, -0.25) is 9.59 Å². The Morgan fingerprint density at radius 1 is 1.42 bits per heavy atom. The van der Waals surface area contributed by atoms with Crippen LogP contribution in [0.3, 0.4) is 0 Å². The number of methoxy groups -OCH3 is 1. The van der Waals surface area contributed by atoms with E-state index in [1.807, 2.05) is 0 Å². The zero-order valence-electron chi connectivity index (χ0n) is 6.81. The summed E-state index contributed by atoms with van der Waals surface area (Å²) in [6, 6.07) is 0. The highest BCUT2D eigenvalue weighted by Gasteiger charge is 2.13. The number of imide groups is 1. The van der Waals surface area contributed by atoms with E-state index in [9.17, 15) is 14.4 Å². The summed E-state index contributed by atoms with van der Waals surface area (Å²) in [7, 11) is 2.42. The number of carbonyl (C=O) groups excluding carboxylic acids is 3. The van der Waals surface area contributed by atoms with E-state index in [2.05, 4.69) is 4.74 Å². The number of allylic oxidation sites excluding steroid dienone is 1. The highest BCUT2D eigenvalue weighted by atomic mass is 16.5. The van der Waals surface area contributed by atoms with E-state index in [1.54, 1.807) is 0 Å². The molecule has 2 amide bonds. The fourth-order valence-corrected chi connectivity index (χ4v) is 0.460. The van der Waals surface area contributed by atoms with Crippen LogP contribution in [0.5, 0.6) is 0 Å². The molecule has 0 fully saturated rings. The maximum atomic E-state index is 10.9. The third-order valence-corrected chi connectivity index (χ3v) is 1.10. The Labute approximate surface area is 69.6 Å². The minimum Gasteiger partial charge on any atom is -0.452 e. The fraction of sp³-hybridized carbons (Fsp3) is 0.286. The molecule has 0 aliphatic heterocycles. The molecule has 0 spiro atoms. The van der Waals surface area contributed by atoms with Gasteiger partial charge in [0.25, 0.3) is 5.91 Å². The Kier molecular flexibility index (Phi) is 4.36.